The van der Waals surface area contributed by atoms with Gasteiger partial charge in [-0.05, 0) is 39.9 Å². The van der Waals surface area contributed by atoms with Crippen LogP contribution in [0.2, 0.25) is 0 Å². The van der Waals surface area contributed by atoms with Gasteiger partial charge in [0.05, 0.1) is 5.01 Å². The Morgan fingerprint density at radius 1 is 1.56 bits per heavy atom. The van der Waals surface area contributed by atoms with Crippen LogP contribution in [0.25, 0.3) is 0 Å². The van der Waals surface area contributed by atoms with Gasteiger partial charge in [-0.2, -0.15) is 0 Å². The highest BCUT2D eigenvalue weighted by atomic mass is 32.1. The monoisotopic (exact) mass is 239 g/mol. The van der Waals surface area contributed by atoms with E-state index < -0.39 is 0 Å². The van der Waals surface area contributed by atoms with Gasteiger partial charge in [-0.15, -0.1) is 11.3 Å². The summed E-state index contributed by atoms with van der Waals surface area (Å²) in [5.41, 5.74) is 0.557. The summed E-state index contributed by atoms with van der Waals surface area (Å²) >= 11 is 1.51. The first-order valence-corrected chi connectivity index (χ1v) is 6.44. The van der Waals surface area contributed by atoms with Gasteiger partial charge in [-0.1, -0.05) is 0 Å². The van der Waals surface area contributed by atoms with Crippen molar-refractivity contribution in [2.75, 3.05) is 20.1 Å². The molecule has 5 heteroatoms. The maximum Gasteiger partial charge on any atom is 0.270 e. The summed E-state index contributed by atoms with van der Waals surface area (Å²) in [6, 6.07) is 0.311. The normalized spacial score (nSPS) is 18.6. The number of thiazole rings is 1. The topological polar surface area (TPSA) is 45.2 Å². The molecule has 16 heavy (non-hydrogen) atoms. The van der Waals surface area contributed by atoms with Gasteiger partial charge in [0.1, 0.15) is 5.69 Å². The second-order valence-electron chi connectivity index (χ2n) is 4.30. The van der Waals surface area contributed by atoms with Crippen LogP contribution in [-0.4, -0.2) is 42.0 Å². The van der Waals surface area contributed by atoms with Crippen molar-refractivity contribution >= 4 is 17.2 Å². The summed E-state index contributed by atoms with van der Waals surface area (Å²) in [6.45, 7) is 4.03. The van der Waals surface area contributed by atoms with Crippen LogP contribution < -0.4 is 5.32 Å². The molecule has 0 saturated carbocycles. The number of carbonyl (C=O) groups is 1. The second kappa shape index (κ2) is 4.93. The van der Waals surface area contributed by atoms with Crippen molar-refractivity contribution in [3.63, 3.8) is 0 Å². The van der Waals surface area contributed by atoms with Crippen molar-refractivity contribution < 1.29 is 4.79 Å². The van der Waals surface area contributed by atoms with Gasteiger partial charge >= 0.3 is 0 Å². The molecule has 4 nitrogen and oxygen atoms in total. The second-order valence-corrected chi connectivity index (χ2v) is 5.37. The van der Waals surface area contributed by atoms with Gasteiger partial charge in [0.25, 0.3) is 5.91 Å². The summed E-state index contributed by atoms with van der Waals surface area (Å²) in [6.07, 6.45) is 2.07. The zero-order valence-corrected chi connectivity index (χ0v) is 10.5. The van der Waals surface area contributed by atoms with Crippen molar-refractivity contribution in [1.29, 1.82) is 0 Å². The molecule has 1 aliphatic heterocycles. The van der Waals surface area contributed by atoms with Crippen LogP contribution in [0, 0.1) is 6.92 Å². The van der Waals surface area contributed by atoms with Crippen LogP contribution >= 0.6 is 11.3 Å². The first kappa shape index (κ1) is 11.5. The molecule has 0 unspecified atom stereocenters. The number of nitrogens with one attached hydrogen (secondary N) is 1. The molecule has 0 aromatic carbocycles. The number of aromatic nitrogens is 1. The van der Waals surface area contributed by atoms with E-state index >= 15 is 0 Å². The molecule has 0 aliphatic carbocycles. The van der Waals surface area contributed by atoms with E-state index in [2.05, 4.69) is 22.2 Å². The molecule has 1 N–H and O–H groups in total. The Hall–Kier alpha value is -0.940. The Kier molecular flexibility index (Phi) is 3.56. The third-order valence-electron chi connectivity index (χ3n) is 2.91. The smallest absolute Gasteiger partial charge is 0.270 e. The molecule has 1 aliphatic rings. The number of piperidine rings is 1. The van der Waals surface area contributed by atoms with Gasteiger partial charge in [0.15, 0.2) is 0 Å². The molecule has 1 amide bonds. The number of carbonyl (C=O) groups excluding carboxylic acids is 1. The lowest BCUT2D eigenvalue weighted by atomic mass is 10.1. The fourth-order valence-corrected chi connectivity index (χ4v) is 2.47. The SMILES string of the molecule is Cc1nc(C(=O)NC2CCN(C)CC2)cs1. The maximum absolute atomic E-state index is 11.8. The van der Waals surface area contributed by atoms with E-state index in [0.717, 1.165) is 30.9 Å². The predicted octanol–water partition coefficient (Wildman–Crippen LogP) is 1.28. The van der Waals surface area contributed by atoms with E-state index in [1.807, 2.05) is 12.3 Å². The Morgan fingerprint density at radius 3 is 2.81 bits per heavy atom. The van der Waals surface area contributed by atoms with E-state index in [1.54, 1.807) is 0 Å². The fraction of sp³-hybridized carbons (Fsp3) is 0.636. The molecule has 1 fully saturated rings. The predicted molar refractivity (Wildman–Crippen MR) is 64.8 cm³/mol. The number of hydrogen-bond acceptors (Lipinski definition) is 4. The van der Waals surface area contributed by atoms with E-state index in [9.17, 15) is 4.79 Å². The minimum absolute atomic E-state index is 0.0288. The molecule has 1 saturated heterocycles. The van der Waals surface area contributed by atoms with Gasteiger partial charge in [-0.25, -0.2) is 4.98 Å². The van der Waals surface area contributed by atoms with E-state index in [-0.39, 0.29) is 5.91 Å². The summed E-state index contributed by atoms with van der Waals surface area (Å²) in [5.74, 6) is -0.0288. The van der Waals surface area contributed by atoms with E-state index in [4.69, 9.17) is 0 Å². The minimum atomic E-state index is -0.0288. The summed E-state index contributed by atoms with van der Waals surface area (Å²) in [4.78, 5) is 18.3. The van der Waals surface area contributed by atoms with Crippen molar-refractivity contribution in [2.24, 2.45) is 0 Å². The molecule has 88 valence electrons. The molecular formula is C11H17N3OS. The van der Waals surface area contributed by atoms with E-state index in [0.29, 0.717) is 11.7 Å². The molecule has 1 aromatic heterocycles. The molecule has 0 spiro atoms. The van der Waals surface area contributed by atoms with Crippen LogP contribution in [0.3, 0.4) is 0 Å². The Morgan fingerprint density at radius 2 is 2.25 bits per heavy atom. The average molecular weight is 239 g/mol. The van der Waals surface area contributed by atoms with Crippen molar-refractivity contribution in [1.82, 2.24) is 15.2 Å². The van der Waals surface area contributed by atoms with Crippen molar-refractivity contribution in [2.45, 2.75) is 25.8 Å². The summed E-state index contributed by atoms with van der Waals surface area (Å²) in [7, 11) is 2.11. The highest BCUT2D eigenvalue weighted by Crippen LogP contribution is 2.11. The molecule has 2 rings (SSSR count). The van der Waals surface area contributed by atoms with Crippen LogP contribution in [0.1, 0.15) is 28.3 Å². The first-order valence-electron chi connectivity index (χ1n) is 5.56. The number of likely N-dealkylation sites (tertiary alicyclic amines) is 1. The summed E-state index contributed by atoms with van der Waals surface area (Å²) < 4.78 is 0. The molecule has 0 atom stereocenters. The average Bonchev–Trinajstić information content (AvgIpc) is 2.68. The van der Waals surface area contributed by atoms with Gasteiger partial charge in [-0.3, -0.25) is 4.79 Å². The summed E-state index contributed by atoms with van der Waals surface area (Å²) in [5, 5.41) is 5.81. The van der Waals surface area contributed by atoms with E-state index in [1.165, 1.54) is 11.3 Å². The molecule has 1 aromatic rings. The molecular weight excluding hydrogens is 222 g/mol. The highest BCUT2D eigenvalue weighted by Gasteiger charge is 2.19. The Balaban J connectivity index is 1.88. The zero-order valence-electron chi connectivity index (χ0n) is 9.69. The molecule has 0 radical (unpaired) electrons. The third-order valence-corrected chi connectivity index (χ3v) is 3.68. The first-order chi connectivity index (χ1) is 7.65. The number of hydrogen-bond donors (Lipinski definition) is 1. The zero-order chi connectivity index (χ0) is 11.5. The Labute approximate surface area is 99.7 Å². The van der Waals surface area contributed by atoms with Gasteiger partial charge in [0.2, 0.25) is 0 Å². The quantitative estimate of drug-likeness (QED) is 0.845. The Bertz CT molecular complexity index is 369. The lowest BCUT2D eigenvalue weighted by molar-refractivity contribution is 0.0912. The fourth-order valence-electron chi connectivity index (χ4n) is 1.88. The third kappa shape index (κ3) is 2.80. The van der Waals surface area contributed by atoms with Crippen molar-refractivity contribution in [3.8, 4) is 0 Å². The largest absolute Gasteiger partial charge is 0.348 e. The van der Waals surface area contributed by atoms with Crippen LogP contribution in [0.4, 0.5) is 0 Å². The number of rotatable bonds is 2. The standard InChI is InChI=1S/C11H17N3OS/c1-8-12-10(7-16-8)11(15)13-9-3-5-14(2)6-4-9/h7,9H,3-6H2,1-2H3,(H,13,15). The molecule has 2 heterocycles. The lowest BCUT2D eigenvalue weighted by Gasteiger charge is -2.29. The van der Waals surface area contributed by atoms with Crippen LogP contribution in [-0.2, 0) is 0 Å². The highest BCUT2D eigenvalue weighted by molar-refractivity contribution is 7.09. The van der Waals surface area contributed by atoms with Crippen LogP contribution in [0.15, 0.2) is 5.38 Å². The number of nitrogens with zero attached hydrogens (tertiary/aromatic N) is 2. The number of amides is 1. The number of aryl methyl sites for hydroxylation is 1. The van der Waals surface area contributed by atoms with Crippen LogP contribution in [0.5, 0.6) is 0 Å². The van der Waals surface area contributed by atoms with Gasteiger partial charge < -0.3 is 10.2 Å². The molecule has 0 bridgehead atoms. The lowest BCUT2D eigenvalue weighted by Crippen LogP contribution is -2.43. The van der Waals surface area contributed by atoms with Gasteiger partial charge in [0, 0.05) is 11.4 Å². The maximum atomic E-state index is 11.8. The minimum Gasteiger partial charge on any atom is -0.348 e. The van der Waals surface area contributed by atoms with Crippen molar-refractivity contribution in [3.05, 3.63) is 16.1 Å².